The molecule has 2 heterocycles. The molecule has 0 aliphatic carbocycles. The highest BCUT2D eigenvalue weighted by Gasteiger charge is 2.26. The van der Waals surface area contributed by atoms with E-state index in [0.29, 0.717) is 11.8 Å². The van der Waals surface area contributed by atoms with E-state index < -0.39 is 0 Å². The molecule has 0 spiro atoms. The number of thiazole rings is 1. The predicted octanol–water partition coefficient (Wildman–Crippen LogP) is 3.12. The Morgan fingerprint density at radius 2 is 1.94 bits per heavy atom. The van der Waals surface area contributed by atoms with Crippen molar-refractivity contribution in [3.63, 3.8) is 0 Å². The fourth-order valence-electron chi connectivity index (χ4n) is 2.38. The molecule has 0 bridgehead atoms. The lowest BCUT2D eigenvalue weighted by molar-refractivity contribution is -0.135. The molecule has 0 radical (unpaired) electrons. The Morgan fingerprint density at radius 3 is 2.39 bits per heavy atom. The highest BCUT2D eigenvalue weighted by atomic mass is 32.1. The number of carbonyl (C=O) groups is 1. The third-order valence-electron chi connectivity index (χ3n) is 3.69. The number of likely N-dealkylation sites (tertiary alicyclic amines) is 1. The zero-order valence-electron chi connectivity index (χ0n) is 11.7. The quantitative estimate of drug-likeness (QED) is 0.824. The van der Waals surface area contributed by atoms with E-state index >= 15 is 0 Å². The third-order valence-corrected chi connectivity index (χ3v) is 4.93. The first-order valence-electron chi connectivity index (χ1n) is 6.71. The Kier molecular flexibility index (Phi) is 4.05. The third kappa shape index (κ3) is 2.74. The van der Waals surface area contributed by atoms with Crippen LogP contribution in [0.5, 0.6) is 0 Å². The first-order valence-corrected chi connectivity index (χ1v) is 7.53. The molecule has 2 rings (SSSR count). The summed E-state index contributed by atoms with van der Waals surface area (Å²) in [6.45, 7) is 9.93. The van der Waals surface area contributed by atoms with Crippen LogP contribution in [-0.2, 0) is 4.79 Å². The Bertz CT molecular complexity index is 412. The zero-order chi connectivity index (χ0) is 13.3. The molecule has 1 aromatic rings. The van der Waals surface area contributed by atoms with Gasteiger partial charge in [0.15, 0.2) is 0 Å². The second-order valence-corrected chi connectivity index (χ2v) is 6.68. The van der Waals surface area contributed by atoms with Gasteiger partial charge in [-0.1, -0.05) is 13.8 Å². The summed E-state index contributed by atoms with van der Waals surface area (Å²) in [5.41, 5.74) is 1.16. The van der Waals surface area contributed by atoms with Crippen molar-refractivity contribution in [2.24, 2.45) is 5.92 Å². The SMILES string of the molecule is Cc1nc(C2CCN(C(=O)C(C)C)CC2)sc1C. The first kappa shape index (κ1) is 13.5. The Hall–Kier alpha value is -0.900. The summed E-state index contributed by atoms with van der Waals surface area (Å²) in [6.07, 6.45) is 2.12. The van der Waals surface area contributed by atoms with Crippen LogP contribution in [0, 0.1) is 19.8 Å². The van der Waals surface area contributed by atoms with Gasteiger partial charge in [0.2, 0.25) is 5.91 Å². The van der Waals surface area contributed by atoms with Gasteiger partial charge in [-0.15, -0.1) is 11.3 Å². The molecule has 18 heavy (non-hydrogen) atoms. The predicted molar refractivity (Wildman–Crippen MR) is 75.0 cm³/mol. The second kappa shape index (κ2) is 5.39. The molecule has 1 aliphatic heterocycles. The van der Waals surface area contributed by atoms with E-state index in [1.807, 2.05) is 30.1 Å². The van der Waals surface area contributed by atoms with Crippen molar-refractivity contribution in [1.82, 2.24) is 9.88 Å². The van der Waals surface area contributed by atoms with Gasteiger partial charge < -0.3 is 4.90 Å². The molecule has 4 heteroatoms. The standard InChI is InChI=1S/C14H22N2OS/c1-9(2)14(17)16-7-5-12(6-8-16)13-15-10(3)11(4)18-13/h9,12H,5-8H2,1-4H3. The lowest BCUT2D eigenvalue weighted by atomic mass is 9.96. The van der Waals surface area contributed by atoms with Crippen LogP contribution in [0.1, 0.15) is 48.2 Å². The summed E-state index contributed by atoms with van der Waals surface area (Å²) in [4.78, 5) is 19.9. The van der Waals surface area contributed by atoms with Crippen molar-refractivity contribution in [1.29, 1.82) is 0 Å². The van der Waals surface area contributed by atoms with Crippen molar-refractivity contribution in [3.05, 3.63) is 15.6 Å². The molecule has 0 N–H and O–H groups in total. The van der Waals surface area contributed by atoms with Gasteiger partial charge in [-0.25, -0.2) is 4.98 Å². The molecule has 0 atom stereocenters. The number of piperidine rings is 1. The number of carbonyl (C=O) groups excluding carboxylic acids is 1. The molecule has 0 aromatic carbocycles. The van der Waals surface area contributed by atoms with Gasteiger partial charge in [-0.3, -0.25) is 4.79 Å². The summed E-state index contributed by atoms with van der Waals surface area (Å²) >= 11 is 1.82. The molecule has 1 saturated heterocycles. The van der Waals surface area contributed by atoms with Gasteiger partial charge in [-0.05, 0) is 26.7 Å². The summed E-state index contributed by atoms with van der Waals surface area (Å²) in [7, 11) is 0. The minimum atomic E-state index is 0.117. The van der Waals surface area contributed by atoms with E-state index in [4.69, 9.17) is 0 Å². The van der Waals surface area contributed by atoms with Crippen molar-refractivity contribution < 1.29 is 4.79 Å². The normalized spacial score (nSPS) is 17.5. The molecule has 3 nitrogen and oxygen atoms in total. The summed E-state index contributed by atoms with van der Waals surface area (Å²) < 4.78 is 0. The van der Waals surface area contributed by atoms with E-state index in [0.717, 1.165) is 31.6 Å². The van der Waals surface area contributed by atoms with Crippen LogP contribution in [-0.4, -0.2) is 28.9 Å². The number of hydrogen-bond donors (Lipinski definition) is 0. The summed E-state index contributed by atoms with van der Waals surface area (Å²) in [6, 6.07) is 0. The minimum absolute atomic E-state index is 0.117. The van der Waals surface area contributed by atoms with Gasteiger partial charge in [0.1, 0.15) is 0 Å². The lowest BCUT2D eigenvalue weighted by Gasteiger charge is -2.32. The van der Waals surface area contributed by atoms with E-state index in [9.17, 15) is 4.79 Å². The van der Waals surface area contributed by atoms with Gasteiger partial charge in [0.05, 0.1) is 10.7 Å². The summed E-state index contributed by atoms with van der Waals surface area (Å²) in [5, 5.41) is 1.27. The minimum Gasteiger partial charge on any atom is -0.342 e. The first-order chi connectivity index (χ1) is 8.49. The largest absolute Gasteiger partial charge is 0.342 e. The maximum absolute atomic E-state index is 11.9. The average molecular weight is 266 g/mol. The molecular weight excluding hydrogens is 244 g/mol. The van der Waals surface area contributed by atoms with Gasteiger partial charge in [-0.2, -0.15) is 0 Å². The fourth-order valence-corrected chi connectivity index (χ4v) is 3.48. The summed E-state index contributed by atoms with van der Waals surface area (Å²) in [5.74, 6) is 0.962. The van der Waals surface area contributed by atoms with Crippen molar-refractivity contribution in [3.8, 4) is 0 Å². The zero-order valence-corrected chi connectivity index (χ0v) is 12.5. The average Bonchev–Trinajstić information content (AvgIpc) is 2.69. The Balaban J connectivity index is 1.96. The number of rotatable bonds is 2. The highest BCUT2D eigenvalue weighted by molar-refractivity contribution is 7.11. The van der Waals surface area contributed by atoms with Crippen molar-refractivity contribution in [2.75, 3.05) is 13.1 Å². The van der Waals surface area contributed by atoms with Gasteiger partial charge >= 0.3 is 0 Å². The second-order valence-electron chi connectivity index (χ2n) is 5.45. The number of aromatic nitrogens is 1. The van der Waals surface area contributed by atoms with Crippen LogP contribution in [0.25, 0.3) is 0 Å². The Labute approximate surface area is 113 Å². The van der Waals surface area contributed by atoms with Crippen LogP contribution in [0.4, 0.5) is 0 Å². The van der Waals surface area contributed by atoms with Crippen LogP contribution in [0.15, 0.2) is 0 Å². The lowest BCUT2D eigenvalue weighted by Crippen LogP contribution is -2.40. The Morgan fingerprint density at radius 1 is 1.33 bits per heavy atom. The van der Waals surface area contributed by atoms with Crippen LogP contribution < -0.4 is 0 Å². The van der Waals surface area contributed by atoms with Gasteiger partial charge in [0.25, 0.3) is 0 Å². The number of aryl methyl sites for hydroxylation is 2. The molecule has 100 valence electrons. The van der Waals surface area contributed by atoms with Crippen LogP contribution in [0.3, 0.4) is 0 Å². The van der Waals surface area contributed by atoms with Crippen molar-refractivity contribution in [2.45, 2.75) is 46.5 Å². The number of amides is 1. The van der Waals surface area contributed by atoms with Crippen molar-refractivity contribution >= 4 is 17.2 Å². The number of hydrogen-bond acceptors (Lipinski definition) is 3. The topological polar surface area (TPSA) is 33.2 Å². The highest BCUT2D eigenvalue weighted by Crippen LogP contribution is 2.32. The molecule has 1 fully saturated rings. The van der Waals surface area contributed by atoms with E-state index in [1.165, 1.54) is 9.88 Å². The molecule has 0 saturated carbocycles. The van der Waals surface area contributed by atoms with E-state index in [1.54, 1.807) is 0 Å². The maximum atomic E-state index is 11.9. The molecule has 1 aliphatic rings. The molecule has 1 aromatic heterocycles. The molecule has 1 amide bonds. The van der Waals surface area contributed by atoms with Gasteiger partial charge in [0, 0.05) is 29.8 Å². The fraction of sp³-hybridized carbons (Fsp3) is 0.714. The maximum Gasteiger partial charge on any atom is 0.225 e. The molecular formula is C14H22N2OS. The number of nitrogens with zero attached hydrogens (tertiary/aromatic N) is 2. The van der Waals surface area contributed by atoms with Crippen LogP contribution in [0.2, 0.25) is 0 Å². The van der Waals surface area contributed by atoms with E-state index in [2.05, 4.69) is 18.8 Å². The molecule has 0 unspecified atom stereocenters. The monoisotopic (exact) mass is 266 g/mol. The smallest absolute Gasteiger partial charge is 0.225 e. The van der Waals surface area contributed by atoms with E-state index in [-0.39, 0.29) is 5.92 Å². The van der Waals surface area contributed by atoms with Crippen LogP contribution >= 0.6 is 11.3 Å².